The predicted molar refractivity (Wildman–Crippen MR) is 70.4 cm³/mol. The lowest BCUT2D eigenvalue weighted by molar-refractivity contribution is -0.384. The largest absolute Gasteiger partial charge is 0.394 e. The van der Waals surface area contributed by atoms with E-state index in [1.54, 1.807) is 24.1 Å². The molecule has 6 heteroatoms. The normalized spacial score (nSPS) is 11.4. The maximum absolute atomic E-state index is 11.0. The second-order valence-corrected chi connectivity index (χ2v) is 5.34. The highest BCUT2D eigenvalue weighted by atomic mass is 79.9. The van der Waals surface area contributed by atoms with E-state index in [2.05, 4.69) is 15.9 Å². The number of nitrogens with zero attached hydrogens (tertiary/aromatic N) is 2. The second kappa shape index (κ2) is 5.01. The number of rotatable bonds is 4. The van der Waals surface area contributed by atoms with Crippen molar-refractivity contribution in [3.05, 3.63) is 32.8 Å². The molecule has 0 fully saturated rings. The van der Waals surface area contributed by atoms with Gasteiger partial charge in [0.05, 0.1) is 17.1 Å². The van der Waals surface area contributed by atoms with Crippen LogP contribution in [0, 0.1) is 10.1 Å². The van der Waals surface area contributed by atoms with Crippen LogP contribution in [0.1, 0.15) is 13.8 Å². The highest BCUT2D eigenvalue weighted by Crippen LogP contribution is 2.33. The molecule has 1 aromatic rings. The maximum Gasteiger partial charge on any atom is 0.293 e. The summed E-state index contributed by atoms with van der Waals surface area (Å²) in [5.74, 6) is 0. The highest BCUT2D eigenvalue weighted by Gasteiger charge is 2.28. The molecule has 0 bridgehead atoms. The topological polar surface area (TPSA) is 66.6 Å². The van der Waals surface area contributed by atoms with Gasteiger partial charge in [0, 0.05) is 17.6 Å². The zero-order valence-electron chi connectivity index (χ0n) is 9.98. The van der Waals surface area contributed by atoms with Crippen LogP contribution in [0.25, 0.3) is 0 Å². The van der Waals surface area contributed by atoms with E-state index in [0.717, 1.165) is 0 Å². The van der Waals surface area contributed by atoms with Gasteiger partial charge in [-0.1, -0.05) is 15.9 Å². The fraction of sp³-hybridized carbons (Fsp3) is 0.455. The van der Waals surface area contributed by atoms with Crippen molar-refractivity contribution in [3.63, 3.8) is 0 Å². The minimum Gasteiger partial charge on any atom is -0.394 e. The number of halogens is 1. The van der Waals surface area contributed by atoms with Crippen LogP contribution < -0.4 is 4.90 Å². The van der Waals surface area contributed by atoms with E-state index < -0.39 is 10.5 Å². The van der Waals surface area contributed by atoms with Gasteiger partial charge in [-0.05, 0) is 26.0 Å². The summed E-state index contributed by atoms with van der Waals surface area (Å²) >= 11 is 3.21. The Bertz CT molecular complexity index is 435. The monoisotopic (exact) mass is 302 g/mol. The second-order valence-electron chi connectivity index (χ2n) is 4.42. The van der Waals surface area contributed by atoms with Gasteiger partial charge in [0.25, 0.3) is 5.69 Å². The van der Waals surface area contributed by atoms with Crippen LogP contribution in [0.3, 0.4) is 0 Å². The lowest BCUT2D eigenvalue weighted by atomic mass is 10.0. The van der Waals surface area contributed by atoms with Crippen LogP contribution in [0.15, 0.2) is 22.7 Å². The van der Waals surface area contributed by atoms with Gasteiger partial charge in [-0.3, -0.25) is 10.1 Å². The van der Waals surface area contributed by atoms with Crippen molar-refractivity contribution in [3.8, 4) is 0 Å². The summed E-state index contributed by atoms with van der Waals surface area (Å²) in [6.45, 7) is 3.55. The minimum absolute atomic E-state index is 0.0170. The zero-order valence-corrected chi connectivity index (χ0v) is 11.6. The summed E-state index contributed by atoms with van der Waals surface area (Å²) in [6, 6.07) is 4.87. The average molecular weight is 303 g/mol. The molecule has 0 atom stereocenters. The summed E-state index contributed by atoms with van der Waals surface area (Å²) in [7, 11) is 1.73. The van der Waals surface area contributed by atoms with E-state index in [4.69, 9.17) is 0 Å². The molecule has 0 amide bonds. The summed E-state index contributed by atoms with van der Waals surface area (Å²) in [5, 5.41) is 20.3. The SMILES string of the molecule is CN(c1ccc(Br)cc1[N+](=O)[O-])C(C)(C)CO. The Balaban J connectivity index is 3.26. The number of likely N-dealkylation sites (N-methyl/N-ethyl adjacent to an activating group) is 1. The molecule has 0 saturated heterocycles. The number of aliphatic hydroxyl groups is 1. The Morgan fingerprint density at radius 2 is 2.12 bits per heavy atom. The molecule has 0 aliphatic rings. The van der Waals surface area contributed by atoms with Gasteiger partial charge >= 0.3 is 0 Å². The number of nitro groups is 1. The first-order valence-corrected chi connectivity index (χ1v) is 5.87. The first kappa shape index (κ1) is 13.9. The van der Waals surface area contributed by atoms with Crippen LogP contribution in [-0.4, -0.2) is 29.2 Å². The van der Waals surface area contributed by atoms with Crippen molar-refractivity contribution in [2.45, 2.75) is 19.4 Å². The van der Waals surface area contributed by atoms with Gasteiger partial charge in [0.1, 0.15) is 5.69 Å². The van der Waals surface area contributed by atoms with Crippen molar-refractivity contribution in [1.29, 1.82) is 0 Å². The summed E-state index contributed by atoms with van der Waals surface area (Å²) in [5.41, 5.74) is -0.0564. The molecule has 17 heavy (non-hydrogen) atoms. The Labute approximate surface area is 108 Å². The first-order valence-electron chi connectivity index (χ1n) is 5.08. The van der Waals surface area contributed by atoms with E-state index in [1.807, 2.05) is 13.8 Å². The fourth-order valence-electron chi connectivity index (χ4n) is 1.36. The van der Waals surface area contributed by atoms with Crippen molar-refractivity contribution in [1.82, 2.24) is 0 Å². The lowest BCUT2D eigenvalue weighted by Gasteiger charge is -2.35. The van der Waals surface area contributed by atoms with Gasteiger partial charge in [-0.2, -0.15) is 0 Å². The molecule has 0 aromatic heterocycles. The standard InChI is InChI=1S/C11H15BrN2O3/c1-11(2,7-15)13(3)9-5-4-8(12)6-10(9)14(16)17/h4-6,15H,7H2,1-3H3. The summed E-state index contributed by atoms with van der Waals surface area (Å²) < 4.78 is 0.656. The van der Waals surface area contributed by atoms with Gasteiger partial charge < -0.3 is 10.0 Å². The Morgan fingerprint density at radius 1 is 1.53 bits per heavy atom. The third-order valence-corrected chi connectivity index (χ3v) is 3.28. The van der Waals surface area contributed by atoms with E-state index in [-0.39, 0.29) is 12.3 Å². The zero-order chi connectivity index (χ0) is 13.2. The van der Waals surface area contributed by atoms with Gasteiger partial charge in [0.15, 0.2) is 0 Å². The molecule has 5 nitrogen and oxygen atoms in total. The maximum atomic E-state index is 11.0. The van der Waals surface area contributed by atoms with E-state index >= 15 is 0 Å². The van der Waals surface area contributed by atoms with Crippen LogP contribution >= 0.6 is 15.9 Å². The summed E-state index contributed by atoms with van der Waals surface area (Å²) in [4.78, 5) is 12.3. The van der Waals surface area contributed by atoms with Gasteiger partial charge in [-0.25, -0.2) is 0 Å². The van der Waals surface area contributed by atoms with E-state index in [0.29, 0.717) is 10.2 Å². The molecule has 1 aromatic carbocycles. The Morgan fingerprint density at radius 3 is 2.59 bits per heavy atom. The molecular formula is C11H15BrN2O3. The summed E-state index contributed by atoms with van der Waals surface area (Å²) in [6.07, 6.45) is 0. The molecule has 94 valence electrons. The van der Waals surface area contributed by atoms with Gasteiger partial charge in [-0.15, -0.1) is 0 Å². The molecule has 0 saturated carbocycles. The number of hydrogen-bond acceptors (Lipinski definition) is 4. The minimum atomic E-state index is -0.557. The number of hydrogen-bond donors (Lipinski definition) is 1. The highest BCUT2D eigenvalue weighted by molar-refractivity contribution is 9.10. The van der Waals surface area contributed by atoms with Crippen LogP contribution in [0.5, 0.6) is 0 Å². The van der Waals surface area contributed by atoms with Crippen molar-refractivity contribution < 1.29 is 10.0 Å². The smallest absolute Gasteiger partial charge is 0.293 e. The molecular weight excluding hydrogens is 288 g/mol. The molecule has 1 N–H and O–H groups in total. The van der Waals surface area contributed by atoms with E-state index in [9.17, 15) is 15.2 Å². The van der Waals surface area contributed by atoms with Crippen LogP contribution in [-0.2, 0) is 0 Å². The Kier molecular flexibility index (Phi) is 4.11. The molecule has 0 spiro atoms. The molecule has 1 rings (SSSR count). The number of anilines is 1. The quantitative estimate of drug-likeness (QED) is 0.686. The predicted octanol–water partition coefficient (Wildman–Crippen LogP) is 2.56. The Hall–Kier alpha value is -1.14. The number of nitro benzene ring substituents is 1. The third kappa shape index (κ3) is 2.95. The van der Waals surface area contributed by atoms with Crippen LogP contribution in [0.4, 0.5) is 11.4 Å². The van der Waals surface area contributed by atoms with Crippen molar-refractivity contribution in [2.75, 3.05) is 18.6 Å². The molecule has 0 radical (unpaired) electrons. The molecule has 0 unspecified atom stereocenters. The fourth-order valence-corrected chi connectivity index (χ4v) is 1.71. The molecule has 0 aliphatic heterocycles. The third-order valence-electron chi connectivity index (χ3n) is 2.79. The van der Waals surface area contributed by atoms with E-state index in [1.165, 1.54) is 6.07 Å². The van der Waals surface area contributed by atoms with Crippen molar-refractivity contribution >= 4 is 27.3 Å². The average Bonchev–Trinajstić information content (AvgIpc) is 2.28. The van der Waals surface area contributed by atoms with Crippen LogP contribution in [0.2, 0.25) is 0 Å². The lowest BCUT2D eigenvalue weighted by Crippen LogP contribution is -2.44. The van der Waals surface area contributed by atoms with Crippen molar-refractivity contribution in [2.24, 2.45) is 0 Å². The molecule has 0 heterocycles. The molecule has 0 aliphatic carbocycles. The number of benzene rings is 1. The first-order chi connectivity index (χ1) is 7.79. The van der Waals surface area contributed by atoms with Gasteiger partial charge in [0.2, 0.25) is 0 Å². The number of aliphatic hydroxyl groups excluding tert-OH is 1.